The third-order valence-corrected chi connectivity index (χ3v) is 4.76. The van der Waals surface area contributed by atoms with E-state index in [1.807, 2.05) is 19.1 Å². The Balaban J connectivity index is 1.60. The number of hydrogen-bond donors (Lipinski definition) is 2. The highest BCUT2D eigenvalue weighted by Gasteiger charge is 2.34. The van der Waals surface area contributed by atoms with Crippen LogP contribution in [0, 0.1) is 0 Å². The number of pyridine rings is 2. The second-order valence-corrected chi connectivity index (χ2v) is 6.73. The molecular weight excluding hydrogens is 382 g/mol. The lowest BCUT2D eigenvalue weighted by Gasteiger charge is -2.28. The number of carbonyl (C=O) groups is 1. The molecule has 0 saturated carbocycles. The number of amides is 1. The SMILES string of the molecule is CC1=C(C(=O)Nc2cccnc2)C(c2cccnc2)n2nc(-c3ccco3)nc2N1. The monoisotopic (exact) mass is 399 g/mol. The van der Waals surface area contributed by atoms with Crippen molar-refractivity contribution in [3.63, 3.8) is 0 Å². The minimum atomic E-state index is -0.511. The maximum Gasteiger partial charge on any atom is 0.255 e. The van der Waals surface area contributed by atoms with Crippen molar-refractivity contribution in [2.75, 3.05) is 10.6 Å². The Morgan fingerprint density at radius 1 is 1.13 bits per heavy atom. The molecule has 9 nitrogen and oxygen atoms in total. The van der Waals surface area contributed by atoms with Gasteiger partial charge in [-0.1, -0.05) is 6.07 Å². The van der Waals surface area contributed by atoms with Crippen LogP contribution in [0.1, 0.15) is 18.5 Å². The zero-order valence-electron chi connectivity index (χ0n) is 16.0. The number of nitrogens with zero attached hydrogens (tertiary/aromatic N) is 5. The highest BCUT2D eigenvalue weighted by Crippen LogP contribution is 2.36. The first-order chi connectivity index (χ1) is 14.7. The number of fused-ring (bicyclic) bond motifs is 1. The minimum Gasteiger partial charge on any atom is -0.461 e. The Morgan fingerprint density at radius 2 is 1.97 bits per heavy atom. The number of hydrogen-bond acceptors (Lipinski definition) is 7. The van der Waals surface area contributed by atoms with Crippen LogP contribution in [0.4, 0.5) is 11.6 Å². The molecule has 148 valence electrons. The van der Waals surface area contributed by atoms with Gasteiger partial charge in [-0.25, -0.2) is 4.68 Å². The van der Waals surface area contributed by atoms with Crippen molar-refractivity contribution in [3.05, 3.63) is 84.3 Å². The maximum absolute atomic E-state index is 13.3. The highest BCUT2D eigenvalue weighted by molar-refractivity contribution is 6.05. The van der Waals surface area contributed by atoms with Gasteiger partial charge in [-0.15, -0.1) is 5.10 Å². The van der Waals surface area contributed by atoms with E-state index in [0.29, 0.717) is 34.5 Å². The highest BCUT2D eigenvalue weighted by atomic mass is 16.3. The average molecular weight is 399 g/mol. The van der Waals surface area contributed by atoms with Gasteiger partial charge in [-0.3, -0.25) is 14.8 Å². The molecule has 2 N–H and O–H groups in total. The van der Waals surface area contributed by atoms with E-state index in [9.17, 15) is 4.79 Å². The molecule has 1 aliphatic heterocycles. The molecule has 0 fully saturated rings. The Hall–Kier alpha value is -4.27. The number of nitrogens with one attached hydrogen (secondary N) is 2. The molecule has 5 rings (SSSR count). The van der Waals surface area contributed by atoms with Gasteiger partial charge in [-0.2, -0.15) is 4.98 Å². The standard InChI is InChI=1S/C21H17N7O2/c1-13-17(20(29)25-15-6-3-9-23-12-15)18(14-5-2-8-22-11-14)28-21(24-13)26-19(27-28)16-7-4-10-30-16/h2-12,18H,1H3,(H,25,29)(H,24,26,27). The molecular formula is C21H17N7O2. The fourth-order valence-electron chi connectivity index (χ4n) is 3.44. The molecule has 0 bridgehead atoms. The third kappa shape index (κ3) is 3.12. The predicted molar refractivity (Wildman–Crippen MR) is 109 cm³/mol. The molecule has 4 aromatic heterocycles. The smallest absolute Gasteiger partial charge is 0.255 e. The largest absolute Gasteiger partial charge is 0.461 e. The van der Waals surface area contributed by atoms with Crippen LogP contribution >= 0.6 is 0 Å². The first kappa shape index (κ1) is 17.8. The van der Waals surface area contributed by atoms with E-state index in [2.05, 4.69) is 30.7 Å². The summed E-state index contributed by atoms with van der Waals surface area (Å²) in [5.41, 5.74) is 2.60. The van der Waals surface area contributed by atoms with Crippen molar-refractivity contribution in [3.8, 4) is 11.6 Å². The zero-order chi connectivity index (χ0) is 20.5. The molecule has 0 saturated heterocycles. The summed E-state index contributed by atoms with van der Waals surface area (Å²) in [5, 5.41) is 10.7. The second kappa shape index (κ2) is 7.28. The molecule has 1 aliphatic rings. The summed E-state index contributed by atoms with van der Waals surface area (Å²) in [7, 11) is 0. The van der Waals surface area contributed by atoms with Crippen LogP contribution < -0.4 is 10.6 Å². The Bertz CT molecular complexity index is 1220. The van der Waals surface area contributed by atoms with Crippen LogP contribution in [0.25, 0.3) is 11.6 Å². The fraction of sp³-hybridized carbons (Fsp3) is 0.0952. The van der Waals surface area contributed by atoms with Gasteiger partial charge in [0.2, 0.25) is 11.8 Å². The van der Waals surface area contributed by atoms with Crippen molar-refractivity contribution in [2.45, 2.75) is 13.0 Å². The van der Waals surface area contributed by atoms with Crippen LogP contribution in [-0.2, 0) is 4.79 Å². The predicted octanol–water partition coefficient (Wildman–Crippen LogP) is 3.26. The number of anilines is 2. The first-order valence-electron chi connectivity index (χ1n) is 9.30. The molecule has 1 atom stereocenters. The van der Waals surface area contributed by atoms with Crippen molar-refractivity contribution in [1.82, 2.24) is 24.7 Å². The van der Waals surface area contributed by atoms with Crippen LogP contribution in [0.2, 0.25) is 0 Å². The molecule has 0 spiro atoms. The summed E-state index contributed by atoms with van der Waals surface area (Å²) < 4.78 is 7.12. The van der Waals surface area contributed by atoms with E-state index in [0.717, 1.165) is 5.56 Å². The van der Waals surface area contributed by atoms with Crippen molar-refractivity contribution in [1.29, 1.82) is 0 Å². The molecule has 1 unspecified atom stereocenters. The number of rotatable bonds is 4. The Labute approximate surface area is 171 Å². The summed E-state index contributed by atoms with van der Waals surface area (Å²) >= 11 is 0. The molecule has 30 heavy (non-hydrogen) atoms. The third-order valence-electron chi connectivity index (χ3n) is 4.76. The zero-order valence-corrected chi connectivity index (χ0v) is 16.0. The number of furan rings is 1. The van der Waals surface area contributed by atoms with E-state index in [1.165, 1.54) is 0 Å². The summed E-state index contributed by atoms with van der Waals surface area (Å²) in [6.07, 6.45) is 8.22. The minimum absolute atomic E-state index is 0.262. The second-order valence-electron chi connectivity index (χ2n) is 6.73. The van der Waals surface area contributed by atoms with E-state index < -0.39 is 6.04 Å². The topological polar surface area (TPSA) is 111 Å². The average Bonchev–Trinajstić information content (AvgIpc) is 3.44. The van der Waals surface area contributed by atoms with E-state index in [-0.39, 0.29) is 5.91 Å². The van der Waals surface area contributed by atoms with Gasteiger partial charge >= 0.3 is 0 Å². The van der Waals surface area contributed by atoms with E-state index in [4.69, 9.17) is 4.42 Å². The molecule has 0 aromatic carbocycles. The van der Waals surface area contributed by atoms with Crippen molar-refractivity contribution >= 4 is 17.5 Å². The normalized spacial score (nSPS) is 15.4. The van der Waals surface area contributed by atoms with Gasteiger partial charge in [0.25, 0.3) is 5.91 Å². The summed E-state index contributed by atoms with van der Waals surface area (Å²) in [6.45, 7) is 1.84. The number of allylic oxidation sites excluding steroid dienone is 1. The Kier molecular flexibility index (Phi) is 4.32. The van der Waals surface area contributed by atoms with Crippen LogP contribution in [-0.4, -0.2) is 30.6 Å². The van der Waals surface area contributed by atoms with Crippen LogP contribution in [0.5, 0.6) is 0 Å². The van der Waals surface area contributed by atoms with E-state index in [1.54, 1.807) is 60.0 Å². The quantitative estimate of drug-likeness (QED) is 0.542. The summed E-state index contributed by atoms with van der Waals surface area (Å²) in [5.74, 6) is 1.23. The first-order valence-corrected chi connectivity index (χ1v) is 9.30. The maximum atomic E-state index is 13.3. The van der Waals surface area contributed by atoms with Gasteiger partial charge < -0.3 is 15.1 Å². The summed E-state index contributed by atoms with van der Waals surface area (Å²) in [4.78, 5) is 26.1. The number of carbonyl (C=O) groups excluding carboxylic acids is 1. The van der Waals surface area contributed by atoms with Gasteiger partial charge in [0.05, 0.1) is 23.7 Å². The lowest BCUT2D eigenvalue weighted by molar-refractivity contribution is -0.113. The molecule has 0 radical (unpaired) electrons. The lowest BCUT2D eigenvalue weighted by Crippen LogP contribution is -2.31. The van der Waals surface area contributed by atoms with Gasteiger partial charge in [0.1, 0.15) is 6.04 Å². The number of aromatic nitrogens is 5. The van der Waals surface area contributed by atoms with Gasteiger partial charge in [-0.05, 0) is 42.8 Å². The van der Waals surface area contributed by atoms with Gasteiger partial charge in [0, 0.05) is 24.3 Å². The summed E-state index contributed by atoms with van der Waals surface area (Å²) in [6, 6.07) is 10.3. The Morgan fingerprint density at radius 3 is 2.67 bits per heavy atom. The van der Waals surface area contributed by atoms with Crippen molar-refractivity contribution < 1.29 is 9.21 Å². The molecule has 0 aliphatic carbocycles. The molecule has 4 aromatic rings. The molecule has 1 amide bonds. The van der Waals surface area contributed by atoms with E-state index >= 15 is 0 Å². The fourth-order valence-corrected chi connectivity index (χ4v) is 3.44. The van der Waals surface area contributed by atoms with Gasteiger partial charge in [0.15, 0.2) is 5.76 Å². The van der Waals surface area contributed by atoms with Crippen LogP contribution in [0.15, 0.2) is 83.1 Å². The molecule has 9 heteroatoms. The van der Waals surface area contributed by atoms with Crippen molar-refractivity contribution in [2.24, 2.45) is 0 Å². The lowest BCUT2D eigenvalue weighted by atomic mass is 9.96. The molecule has 5 heterocycles. The van der Waals surface area contributed by atoms with Crippen LogP contribution in [0.3, 0.4) is 0 Å².